The fourth-order valence-electron chi connectivity index (χ4n) is 3.07. The molecule has 19 heavy (non-hydrogen) atoms. The van der Waals surface area contributed by atoms with Crippen LogP contribution in [0.3, 0.4) is 0 Å². The quantitative estimate of drug-likeness (QED) is 0.830. The van der Waals surface area contributed by atoms with Crippen molar-refractivity contribution < 1.29 is 8.42 Å². The molecule has 1 saturated heterocycles. The van der Waals surface area contributed by atoms with E-state index in [0.29, 0.717) is 12.3 Å². The average Bonchev–Trinajstić information content (AvgIpc) is 3.17. The van der Waals surface area contributed by atoms with E-state index in [1.165, 1.54) is 0 Å². The van der Waals surface area contributed by atoms with E-state index in [0.717, 1.165) is 25.1 Å². The maximum atomic E-state index is 12.4. The third-order valence-electron chi connectivity index (χ3n) is 5.23. The van der Waals surface area contributed by atoms with Crippen LogP contribution in [0.5, 0.6) is 0 Å². The minimum absolute atomic E-state index is 0.186. The summed E-state index contributed by atoms with van der Waals surface area (Å²) in [6.07, 6.45) is 2.31. The molecule has 0 amide bonds. The zero-order chi connectivity index (χ0) is 14.3. The fraction of sp³-hybridized carbons (Fsp3) is 1.00. The van der Waals surface area contributed by atoms with Crippen LogP contribution in [0.4, 0.5) is 0 Å². The van der Waals surface area contributed by atoms with E-state index in [-0.39, 0.29) is 22.1 Å². The van der Waals surface area contributed by atoms with E-state index in [4.69, 9.17) is 5.73 Å². The molecule has 6 heteroatoms. The molecule has 112 valence electrons. The first-order valence-electron chi connectivity index (χ1n) is 7.07. The molecule has 2 fully saturated rings. The number of hydrogen-bond acceptors (Lipinski definition) is 5. The van der Waals surface area contributed by atoms with Crippen LogP contribution in [0, 0.1) is 5.41 Å². The van der Waals surface area contributed by atoms with Crippen LogP contribution < -0.4 is 5.73 Å². The van der Waals surface area contributed by atoms with Crippen LogP contribution in [-0.2, 0) is 9.84 Å². The summed E-state index contributed by atoms with van der Waals surface area (Å²) in [6, 6.07) is 0. The standard InChI is InChI=1S/C13H26N2O2S2/c1-4-19(16,17)11-9-18-8-7-15(11)13(3,10-14)12(2)5-6-12/h11H,4-10,14H2,1-3H3. The molecule has 1 heterocycles. The minimum atomic E-state index is -3.05. The molecule has 0 spiro atoms. The maximum absolute atomic E-state index is 12.4. The van der Waals surface area contributed by atoms with Crippen molar-refractivity contribution in [3.05, 3.63) is 0 Å². The van der Waals surface area contributed by atoms with Gasteiger partial charge in [-0.2, -0.15) is 11.8 Å². The Morgan fingerprint density at radius 1 is 1.47 bits per heavy atom. The lowest BCUT2D eigenvalue weighted by Crippen LogP contribution is -2.64. The van der Waals surface area contributed by atoms with Crippen LogP contribution >= 0.6 is 11.8 Å². The van der Waals surface area contributed by atoms with Crippen molar-refractivity contribution in [1.29, 1.82) is 0 Å². The van der Waals surface area contributed by atoms with Gasteiger partial charge in [-0.25, -0.2) is 8.42 Å². The van der Waals surface area contributed by atoms with Gasteiger partial charge < -0.3 is 5.73 Å². The van der Waals surface area contributed by atoms with Crippen LogP contribution in [0.2, 0.25) is 0 Å². The Labute approximate surface area is 121 Å². The minimum Gasteiger partial charge on any atom is -0.329 e. The molecule has 2 rings (SSSR count). The van der Waals surface area contributed by atoms with Gasteiger partial charge in [0.25, 0.3) is 0 Å². The number of nitrogens with zero attached hydrogens (tertiary/aromatic N) is 1. The smallest absolute Gasteiger partial charge is 0.166 e. The van der Waals surface area contributed by atoms with Crippen LogP contribution in [0.25, 0.3) is 0 Å². The Kier molecular flexibility index (Phi) is 4.27. The monoisotopic (exact) mass is 306 g/mol. The van der Waals surface area contributed by atoms with Crippen LogP contribution in [0.15, 0.2) is 0 Å². The second-order valence-corrected chi connectivity index (χ2v) is 9.81. The van der Waals surface area contributed by atoms with Gasteiger partial charge in [-0.05, 0) is 25.2 Å². The molecule has 4 nitrogen and oxygen atoms in total. The van der Waals surface area contributed by atoms with Crippen molar-refractivity contribution in [3.8, 4) is 0 Å². The Hall–Kier alpha value is 0.220. The molecular weight excluding hydrogens is 280 g/mol. The fourth-order valence-corrected chi connectivity index (χ4v) is 6.17. The lowest BCUT2D eigenvalue weighted by atomic mass is 9.82. The molecule has 1 aliphatic carbocycles. The summed E-state index contributed by atoms with van der Waals surface area (Å²) < 4.78 is 24.8. The summed E-state index contributed by atoms with van der Waals surface area (Å²) in [7, 11) is -3.05. The molecule has 2 atom stereocenters. The highest BCUT2D eigenvalue weighted by Gasteiger charge is 2.57. The topological polar surface area (TPSA) is 63.4 Å². The summed E-state index contributed by atoms with van der Waals surface area (Å²) in [5.74, 6) is 1.90. The summed E-state index contributed by atoms with van der Waals surface area (Å²) in [4.78, 5) is 2.20. The largest absolute Gasteiger partial charge is 0.329 e. The summed E-state index contributed by atoms with van der Waals surface area (Å²) in [6.45, 7) is 7.51. The molecule has 1 aliphatic heterocycles. The van der Waals surface area contributed by atoms with E-state index in [1.54, 1.807) is 18.7 Å². The SMILES string of the molecule is CCS(=O)(=O)C1CSCCN1C(C)(CN)C1(C)CC1. The van der Waals surface area contributed by atoms with Gasteiger partial charge in [0, 0.05) is 35.9 Å². The normalized spacial score (nSPS) is 30.8. The number of rotatable bonds is 5. The highest BCUT2D eigenvalue weighted by Crippen LogP contribution is 2.56. The molecule has 0 radical (unpaired) electrons. The number of hydrogen-bond donors (Lipinski definition) is 1. The maximum Gasteiger partial charge on any atom is 0.166 e. The van der Waals surface area contributed by atoms with Gasteiger partial charge in [-0.1, -0.05) is 13.8 Å². The average molecular weight is 306 g/mol. The summed E-state index contributed by atoms with van der Waals surface area (Å²) >= 11 is 1.74. The number of thioether (sulfide) groups is 1. The summed E-state index contributed by atoms with van der Waals surface area (Å²) in [5, 5.41) is -0.359. The highest BCUT2D eigenvalue weighted by molar-refractivity contribution is 8.01. The zero-order valence-corrected chi connectivity index (χ0v) is 13.8. The van der Waals surface area contributed by atoms with Crippen molar-refractivity contribution >= 4 is 21.6 Å². The second-order valence-electron chi connectivity index (χ2n) is 6.21. The van der Waals surface area contributed by atoms with Gasteiger partial charge in [0.2, 0.25) is 0 Å². The third-order valence-corrected chi connectivity index (χ3v) is 8.52. The van der Waals surface area contributed by atoms with E-state index >= 15 is 0 Å². The highest BCUT2D eigenvalue weighted by atomic mass is 32.2. The Bertz CT molecular complexity index is 434. The van der Waals surface area contributed by atoms with Crippen LogP contribution in [0.1, 0.15) is 33.6 Å². The first kappa shape index (κ1) is 15.6. The van der Waals surface area contributed by atoms with E-state index in [1.807, 2.05) is 0 Å². The molecule has 0 bridgehead atoms. The molecule has 2 unspecified atom stereocenters. The van der Waals surface area contributed by atoms with Crippen molar-refractivity contribution in [1.82, 2.24) is 4.90 Å². The molecule has 0 aromatic carbocycles. The Morgan fingerprint density at radius 3 is 2.58 bits per heavy atom. The molecular formula is C13H26N2O2S2. The molecule has 2 N–H and O–H groups in total. The molecule has 0 aromatic heterocycles. The molecule has 0 aromatic rings. The zero-order valence-electron chi connectivity index (χ0n) is 12.2. The predicted molar refractivity (Wildman–Crippen MR) is 82.1 cm³/mol. The van der Waals surface area contributed by atoms with Gasteiger partial charge in [0.1, 0.15) is 5.37 Å². The van der Waals surface area contributed by atoms with Gasteiger partial charge in [0.05, 0.1) is 0 Å². The van der Waals surface area contributed by atoms with Crippen molar-refractivity contribution in [2.45, 2.75) is 44.5 Å². The van der Waals surface area contributed by atoms with Gasteiger partial charge in [-0.3, -0.25) is 4.90 Å². The van der Waals surface area contributed by atoms with Crippen LogP contribution in [-0.4, -0.2) is 54.6 Å². The number of nitrogens with two attached hydrogens (primary N) is 1. The molecule has 2 aliphatic rings. The molecule has 1 saturated carbocycles. The first-order chi connectivity index (χ1) is 8.81. The lowest BCUT2D eigenvalue weighted by Gasteiger charge is -2.50. The second kappa shape index (κ2) is 5.20. The van der Waals surface area contributed by atoms with E-state index in [2.05, 4.69) is 18.7 Å². The Morgan fingerprint density at radius 2 is 2.11 bits per heavy atom. The van der Waals surface area contributed by atoms with E-state index in [9.17, 15) is 8.42 Å². The lowest BCUT2D eigenvalue weighted by molar-refractivity contribution is 0.0437. The van der Waals surface area contributed by atoms with Gasteiger partial charge in [-0.15, -0.1) is 0 Å². The van der Waals surface area contributed by atoms with Gasteiger partial charge in [0.15, 0.2) is 9.84 Å². The van der Waals surface area contributed by atoms with Gasteiger partial charge >= 0.3 is 0 Å². The number of sulfone groups is 1. The predicted octanol–water partition coefficient (Wildman–Crippen LogP) is 1.31. The third kappa shape index (κ3) is 2.57. The van der Waals surface area contributed by atoms with Crippen molar-refractivity contribution in [2.75, 3.05) is 30.3 Å². The van der Waals surface area contributed by atoms with Crippen molar-refractivity contribution in [2.24, 2.45) is 11.1 Å². The Balaban J connectivity index is 2.34. The van der Waals surface area contributed by atoms with E-state index < -0.39 is 9.84 Å². The summed E-state index contributed by atoms with van der Waals surface area (Å²) in [5.41, 5.74) is 6.06. The first-order valence-corrected chi connectivity index (χ1v) is 9.94. The van der Waals surface area contributed by atoms with Crippen molar-refractivity contribution in [3.63, 3.8) is 0 Å².